The van der Waals surface area contributed by atoms with Crippen LogP contribution in [-0.4, -0.2) is 0 Å². The molecule has 0 amide bonds. The molecule has 1 heteroatoms. The van der Waals surface area contributed by atoms with Gasteiger partial charge >= 0.3 is 0 Å². The van der Waals surface area contributed by atoms with Crippen molar-refractivity contribution in [3.8, 4) is 6.07 Å². The van der Waals surface area contributed by atoms with Crippen LogP contribution in [0.3, 0.4) is 0 Å². The lowest BCUT2D eigenvalue weighted by Gasteiger charge is -2.24. The minimum Gasteiger partial charge on any atom is -0.193 e. The highest BCUT2D eigenvalue weighted by Gasteiger charge is 2.58. The molecule has 0 aromatic carbocycles. The molecule has 92 valence electrons. The van der Waals surface area contributed by atoms with Crippen LogP contribution in [0.15, 0.2) is 22.8 Å². The largest absolute Gasteiger partial charge is 0.193 e. The molecule has 0 heterocycles. The number of nitriles is 1. The fourth-order valence-electron chi connectivity index (χ4n) is 3.67. The first kappa shape index (κ1) is 12.4. The molecule has 0 N–H and O–H groups in total. The van der Waals surface area contributed by atoms with Crippen LogP contribution >= 0.6 is 0 Å². The number of rotatable bonds is 2. The lowest BCUT2D eigenvalue weighted by molar-refractivity contribution is 0.479. The molecule has 1 saturated carbocycles. The zero-order valence-corrected chi connectivity index (χ0v) is 11.7. The molecular weight excluding hydrogens is 206 g/mol. The Morgan fingerprint density at radius 2 is 2.18 bits per heavy atom. The standard InChI is InChI=1S/C16H23N/c1-6-12(11(3)9-17)13-8-15-14(7-10(13)2)16(15,4)5/h7,13-15H,6,8H2,1-5H3. The van der Waals surface area contributed by atoms with Crippen molar-refractivity contribution in [3.63, 3.8) is 0 Å². The molecule has 17 heavy (non-hydrogen) atoms. The highest BCUT2D eigenvalue weighted by atomic mass is 14.6. The molecule has 0 spiro atoms. The van der Waals surface area contributed by atoms with Crippen LogP contribution in [0.1, 0.15) is 47.5 Å². The van der Waals surface area contributed by atoms with E-state index in [1.807, 2.05) is 6.92 Å². The van der Waals surface area contributed by atoms with E-state index in [-0.39, 0.29) is 0 Å². The van der Waals surface area contributed by atoms with E-state index in [1.54, 1.807) is 0 Å². The molecule has 0 bridgehead atoms. The van der Waals surface area contributed by atoms with Crippen LogP contribution in [-0.2, 0) is 0 Å². The van der Waals surface area contributed by atoms with Crippen molar-refractivity contribution in [2.24, 2.45) is 23.2 Å². The van der Waals surface area contributed by atoms with E-state index in [1.165, 1.54) is 17.6 Å². The van der Waals surface area contributed by atoms with Crippen LogP contribution in [0, 0.1) is 34.5 Å². The molecule has 0 saturated heterocycles. The van der Waals surface area contributed by atoms with Crippen LogP contribution in [0.2, 0.25) is 0 Å². The van der Waals surface area contributed by atoms with Gasteiger partial charge in [0.05, 0.1) is 6.07 Å². The molecule has 2 aliphatic carbocycles. The van der Waals surface area contributed by atoms with E-state index in [0.29, 0.717) is 11.3 Å². The number of hydrogen-bond acceptors (Lipinski definition) is 1. The van der Waals surface area contributed by atoms with Crippen molar-refractivity contribution in [3.05, 3.63) is 22.8 Å². The van der Waals surface area contributed by atoms with Gasteiger partial charge < -0.3 is 0 Å². The van der Waals surface area contributed by atoms with E-state index >= 15 is 0 Å². The lowest BCUT2D eigenvalue weighted by Crippen LogP contribution is -2.12. The summed E-state index contributed by atoms with van der Waals surface area (Å²) >= 11 is 0. The Morgan fingerprint density at radius 3 is 2.71 bits per heavy atom. The van der Waals surface area contributed by atoms with Crippen LogP contribution in [0.25, 0.3) is 0 Å². The Bertz CT molecular complexity index is 431. The second-order valence-corrected chi connectivity index (χ2v) is 6.27. The third-order valence-electron chi connectivity index (χ3n) is 5.07. The maximum Gasteiger partial charge on any atom is 0.0943 e. The van der Waals surface area contributed by atoms with E-state index in [4.69, 9.17) is 5.26 Å². The van der Waals surface area contributed by atoms with Crippen molar-refractivity contribution in [2.45, 2.75) is 47.5 Å². The molecule has 2 aliphatic rings. The highest BCUT2D eigenvalue weighted by molar-refractivity contribution is 5.36. The predicted octanol–water partition coefficient (Wildman–Crippen LogP) is 4.47. The summed E-state index contributed by atoms with van der Waals surface area (Å²) in [5.41, 5.74) is 4.28. The first-order valence-electron chi connectivity index (χ1n) is 6.71. The zero-order chi connectivity index (χ0) is 12.8. The summed E-state index contributed by atoms with van der Waals surface area (Å²) in [5.74, 6) is 2.16. The smallest absolute Gasteiger partial charge is 0.0943 e. The predicted molar refractivity (Wildman–Crippen MR) is 71.2 cm³/mol. The quantitative estimate of drug-likeness (QED) is 0.506. The van der Waals surface area contributed by atoms with Gasteiger partial charge in [0.15, 0.2) is 0 Å². The van der Waals surface area contributed by atoms with E-state index < -0.39 is 0 Å². The SMILES string of the molecule is CCC(=C(C)C#N)C1CC2C(C=C1C)C2(C)C. The molecule has 3 atom stereocenters. The van der Waals surface area contributed by atoms with Gasteiger partial charge in [0.1, 0.15) is 0 Å². The average molecular weight is 229 g/mol. The minimum absolute atomic E-state index is 0.495. The van der Waals surface area contributed by atoms with Crippen molar-refractivity contribution in [1.82, 2.24) is 0 Å². The molecule has 0 aliphatic heterocycles. The zero-order valence-electron chi connectivity index (χ0n) is 11.7. The maximum atomic E-state index is 9.10. The third-order valence-corrected chi connectivity index (χ3v) is 5.07. The Kier molecular flexibility index (Phi) is 2.94. The second kappa shape index (κ2) is 4.02. The Balaban J connectivity index is 2.29. The molecule has 0 aromatic heterocycles. The van der Waals surface area contributed by atoms with Crippen LogP contribution in [0.5, 0.6) is 0 Å². The van der Waals surface area contributed by atoms with Crippen molar-refractivity contribution >= 4 is 0 Å². The summed E-state index contributed by atoms with van der Waals surface area (Å²) < 4.78 is 0. The van der Waals surface area contributed by atoms with Gasteiger partial charge in [-0.15, -0.1) is 0 Å². The molecule has 3 unspecified atom stereocenters. The van der Waals surface area contributed by atoms with Crippen LogP contribution < -0.4 is 0 Å². The van der Waals surface area contributed by atoms with Gasteiger partial charge in [0, 0.05) is 11.5 Å². The summed E-state index contributed by atoms with van der Waals surface area (Å²) in [4.78, 5) is 0. The third kappa shape index (κ3) is 1.84. The summed E-state index contributed by atoms with van der Waals surface area (Å²) in [6.07, 6.45) is 4.73. The fourth-order valence-corrected chi connectivity index (χ4v) is 3.67. The summed E-state index contributed by atoms with van der Waals surface area (Å²) in [6, 6.07) is 2.34. The summed E-state index contributed by atoms with van der Waals surface area (Å²) in [6.45, 7) is 11.1. The number of fused-ring (bicyclic) bond motifs is 1. The molecular formula is C16H23N. The number of hydrogen-bond donors (Lipinski definition) is 0. The first-order valence-corrected chi connectivity index (χ1v) is 6.71. The number of allylic oxidation sites excluding steroid dienone is 4. The fraction of sp³-hybridized carbons (Fsp3) is 0.688. The number of nitrogens with zero attached hydrogens (tertiary/aromatic N) is 1. The highest BCUT2D eigenvalue weighted by Crippen LogP contribution is 2.65. The van der Waals surface area contributed by atoms with E-state index in [9.17, 15) is 0 Å². The summed E-state index contributed by atoms with van der Waals surface area (Å²) in [7, 11) is 0. The first-order chi connectivity index (χ1) is 7.93. The Morgan fingerprint density at radius 1 is 1.53 bits per heavy atom. The molecule has 0 aromatic rings. The molecule has 0 radical (unpaired) electrons. The van der Waals surface area contributed by atoms with Crippen molar-refractivity contribution in [1.29, 1.82) is 5.26 Å². The van der Waals surface area contributed by atoms with Gasteiger partial charge in [-0.1, -0.05) is 32.4 Å². The van der Waals surface area contributed by atoms with E-state index in [2.05, 4.69) is 39.8 Å². The van der Waals surface area contributed by atoms with Gasteiger partial charge in [-0.25, -0.2) is 0 Å². The average Bonchev–Trinajstić information content (AvgIpc) is 2.81. The van der Waals surface area contributed by atoms with Crippen molar-refractivity contribution < 1.29 is 0 Å². The molecule has 2 rings (SSSR count). The second-order valence-electron chi connectivity index (χ2n) is 6.27. The van der Waals surface area contributed by atoms with E-state index in [0.717, 1.165) is 23.8 Å². The maximum absolute atomic E-state index is 9.10. The minimum atomic E-state index is 0.495. The van der Waals surface area contributed by atoms with Crippen molar-refractivity contribution in [2.75, 3.05) is 0 Å². The molecule has 1 fully saturated rings. The Hall–Kier alpha value is -1.03. The van der Waals surface area contributed by atoms with Gasteiger partial charge in [0.2, 0.25) is 0 Å². The Labute approximate surface area is 105 Å². The van der Waals surface area contributed by atoms with Gasteiger partial charge in [0.25, 0.3) is 0 Å². The van der Waals surface area contributed by atoms with Crippen LogP contribution in [0.4, 0.5) is 0 Å². The lowest BCUT2D eigenvalue weighted by atomic mass is 9.80. The molecule has 1 nitrogen and oxygen atoms in total. The topological polar surface area (TPSA) is 23.8 Å². The normalized spacial score (nSPS) is 35.3. The monoisotopic (exact) mass is 229 g/mol. The summed E-state index contributed by atoms with van der Waals surface area (Å²) in [5, 5.41) is 9.10. The van der Waals surface area contributed by atoms with Gasteiger partial charge in [-0.2, -0.15) is 5.26 Å². The van der Waals surface area contributed by atoms with Gasteiger partial charge in [-0.05, 0) is 49.5 Å². The van der Waals surface area contributed by atoms with Gasteiger partial charge in [-0.3, -0.25) is 0 Å².